The zero-order valence-electron chi connectivity index (χ0n) is 11.3. The van der Waals surface area contributed by atoms with Gasteiger partial charge in [0.25, 0.3) is 0 Å². The van der Waals surface area contributed by atoms with Crippen molar-refractivity contribution in [2.24, 2.45) is 0 Å². The summed E-state index contributed by atoms with van der Waals surface area (Å²) in [5, 5.41) is 0. The second kappa shape index (κ2) is 6.22. The van der Waals surface area contributed by atoms with Gasteiger partial charge in [0.05, 0.1) is 25.4 Å². The SMILES string of the molecule is C#CCN(Cc1ccco1)[C@H]1CCN(CC(F)(F)F)C1=O. The predicted molar refractivity (Wildman–Crippen MR) is 69.0 cm³/mol. The van der Waals surface area contributed by atoms with E-state index in [9.17, 15) is 18.0 Å². The summed E-state index contributed by atoms with van der Waals surface area (Å²) in [4.78, 5) is 14.6. The van der Waals surface area contributed by atoms with Crippen molar-refractivity contribution < 1.29 is 22.4 Å². The number of amides is 1. The summed E-state index contributed by atoms with van der Waals surface area (Å²) in [5.41, 5.74) is 0. The van der Waals surface area contributed by atoms with E-state index in [-0.39, 0.29) is 13.1 Å². The maximum absolute atomic E-state index is 12.4. The van der Waals surface area contributed by atoms with Gasteiger partial charge in [0, 0.05) is 6.54 Å². The first kappa shape index (κ1) is 15.4. The van der Waals surface area contributed by atoms with E-state index in [2.05, 4.69) is 5.92 Å². The Hall–Kier alpha value is -1.94. The number of hydrogen-bond acceptors (Lipinski definition) is 3. The van der Waals surface area contributed by atoms with Gasteiger partial charge in [-0.1, -0.05) is 5.92 Å². The molecule has 1 amide bonds. The second-order valence-electron chi connectivity index (χ2n) is 4.87. The van der Waals surface area contributed by atoms with Crippen molar-refractivity contribution in [2.45, 2.75) is 25.2 Å². The normalized spacial score (nSPS) is 19.3. The molecule has 0 aliphatic carbocycles. The van der Waals surface area contributed by atoms with Crippen molar-refractivity contribution in [3.8, 4) is 12.3 Å². The molecule has 0 saturated carbocycles. The van der Waals surface area contributed by atoms with Gasteiger partial charge in [-0.05, 0) is 18.6 Å². The zero-order valence-corrected chi connectivity index (χ0v) is 11.3. The summed E-state index contributed by atoms with van der Waals surface area (Å²) in [6.45, 7) is -0.653. The van der Waals surface area contributed by atoms with Gasteiger partial charge in [0.15, 0.2) is 0 Å². The molecule has 7 heteroatoms. The highest BCUT2D eigenvalue weighted by molar-refractivity contribution is 5.84. The average Bonchev–Trinajstić information content (AvgIpc) is 2.99. The van der Waals surface area contributed by atoms with Crippen LogP contribution in [-0.4, -0.2) is 47.6 Å². The number of likely N-dealkylation sites (tertiary alicyclic amines) is 1. The molecule has 0 spiro atoms. The molecule has 4 nitrogen and oxygen atoms in total. The fourth-order valence-electron chi connectivity index (χ4n) is 2.43. The third kappa shape index (κ3) is 4.02. The van der Waals surface area contributed by atoms with Crippen LogP contribution in [0.1, 0.15) is 12.2 Å². The Morgan fingerprint density at radius 2 is 2.29 bits per heavy atom. The standard InChI is InChI=1S/C14H15F3N2O2/c1-2-6-18(9-11-4-3-8-21-11)12-5-7-19(13(12)20)10-14(15,16)17/h1,3-4,8,12H,5-7,9-10H2/t12-/m0/s1. The number of carbonyl (C=O) groups is 1. The van der Waals surface area contributed by atoms with Gasteiger partial charge in [-0.2, -0.15) is 13.2 Å². The molecule has 1 atom stereocenters. The number of alkyl halides is 3. The monoisotopic (exact) mass is 300 g/mol. The molecule has 0 bridgehead atoms. The highest BCUT2D eigenvalue weighted by Gasteiger charge is 2.41. The largest absolute Gasteiger partial charge is 0.468 e. The quantitative estimate of drug-likeness (QED) is 0.779. The number of terminal acetylenes is 1. The lowest BCUT2D eigenvalue weighted by Crippen LogP contribution is -2.43. The molecule has 1 aromatic rings. The lowest BCUT2D eigenvalue weighted by atomic mass is 10.2. The van der Waals surface area contributed by atoms with E-state index in [0.29, 0.717) is 18.7 Å². The van der Waals surface area contributed by atoms with Crippen LogP contribution in [0.5, 0.6) is 0 Å². The Morgan fingerprint density at radius 1 is 1.52 bits per heavy atom. The smallest absolute Gasteiger partial charge is 0.406 e. The fourth-order valence-corrected chi connectivity index (χ4v) is 2.43. The van der Waals surface area contributed by atoms with E-state index in [4.69, 9.17) is 10.8 Å². The first-order valence-corrected chi connectivity index (χ1v) is 6.46. The van der Waals surface area contributed by atoms with Gasteiger partial charge in [-0.15, -0.1) is 6.42 Å². The maximum atomic E-state index is 12.4. The molecule has 1 saturated heterocycles. The number of furan rings is 1. The van der Waals surface area contributed by atoms with Crippen molar-refractivity contribution in [1.29, 1.82) is 0 Å². The van der Waals surface area contributed by atoms with Gasteiger partial charge in [-0.25, -0.2) is 0 Å². The number of rotatable bonds is 5. The highest BCUT2D eigenvalue weighted by Crippen LogP contribution is 2.24. The molecule has 114 valence electrons. The fraction of sp³-hybridized carbons (Fsp3) is 0.500. The van der Waals surface area contributed by atoms with Crippen LogP contribution in [0.25, 0.3) is 0 Å². The molecule has 1 fully saturated rings. The molecule has 2 rings (SSSR count). The lowest BCUT2D eigenvalue weighted by Gasteiger charge is -2.25. The van der Waals surface area contributed by atoms with E-state index in [0.717, 1.165) is 4.90 Å². The van der Waals surface area contributed by atoms with Crippen LogP contribution in [-0.2, 0) is 11.3 Å². The van der Waals surface area contributed by atoms with Crippen molar-refractivity contribution in [2.75, 3.05) is 19.6 Å². The van der Waals surface area contributed by atoms with Gasteiger partial charge in [0.1, 0.15) is 12.3 Å². The van der Waals surface area contributed by atoms with E-state index in [1.807, 2.05) is 0 Å². The molecule has 0 N–H and O–H groups in total. The van der Waals surface area contributed by atoms with Crippen molar-refractivity contribution in [3.63, 3.8) is 0 Å². The minimum atomic E-state index is -4.39. The van der Waals surface area contributed by atoms with Crippen LogP contribution in [0.2, 0.25) is 0 Å². The lowest BCUT2D eigenvalue weighted by molar-refractivity contribution is -0.159. The van der Waals surface area contributed by atoms with E-state index < -0.39 is 24.7 Å². The topological polar surface area (TPSA) is 36.7 Å². The summed E-state index contributed by atoms with van der Waals surface area (Å²) in [7, 11) is 0. The molecule has 1 aliphatic heterocycles. The summed E-state index contributed by atoms with van der Waals surface area (Å²) < 4.78 is 42.4. The predicted octanol–water partition coefficient (Wildman–Crippen LogP) is 1.88. The van der Waals surface area contributed by atoms with Crippen LogP contribution in [0, 0.1) is 12.3 Å². The number of nitrogens with zero attached hydrogens (tertiary/aromatic N) is 2. The van der Waals surface area contributed by atoms with E-state index >= 15 is 0 Å². The molecular formula is C14H15F3N2O2. The molecule has 0 radical (unpaired) electrons. The first-order chi connectivity index (χ1) is 9.90. The van der Waals surface area contributed by atoms with Crippen LogP contribution in [0.4, 0.5) is 13.2 Å². The average molecular weight is 300 g/mol. The Bertz CT molecular complexity index is 519. The van der Waals surface area contributed by atoms with Gasteiger partial charge in [0.2, 0.25) is 5.91 Å². The minimum absolute atomic E-state index is 0.0856. The van der Waals surface area contributed by atoms with Crippen LogP contribution < -0.4 is 0 Å². The first-order valence-electron chi connectivity index (χ1n) is 6.46. The summed E-state index contributed by atoms with van der Waals surface area (Å²) >= 11 is 0. The van der Waals surface area contributed by atoms with E-state index in [1.54, 1.807) is 17.0 Å². The molecular weight excluding hydrogens is 285 g/mol. The molecule has 21 heavy (non-hydrogen) atoms. The van der Waals surface area contributed by atoms with Crippen LogP contribution >= 0.6 is 0 Å². The van der Waals surface area contributed by atoms with Gasteiger partial charge >= 0.3 is 6.18 Å². The third-order valence-corrected chi connectivity index (χ3v) is 3.31. The summed E-state index contributed by atoms with van der Waals surface area (Å²) in [5.74, 6) is 2.52. The number of hydrogen-bond donors (Lipinski definition) is 0. The Morgan fingerprint density at radius 3 is 2.86 bits per heavy atom. The van der Waals surface area contributed by atoms with E-state index in [1.165, 1.54) is 6.26 Å². The highest BCUT2D eigenvalue weighted by atomic mass is 19.4. The van der Waals surface area contributed by atoms with Gasteiger partial charge in [-0.3, -0.25) is 9.69 Å². The Balaban J connectivity index is 2.04. The van der Waals surface area contributed by atoms with Crippen molar-refractivity contribution >= 4 is 5.91 Å². The third-order valence-electron chi connectivity index (χ3n) is 3.31. The molecule has 1 aliphatic rings. The minimum Gasteiger partial charge on any atom is -0.468 e. The van der Waals surface area contributed by atoms with Crippen LogP contribution in [0.3, 0.4) is 0 Å². The molecule has 1 aromatic heterocycles. The van der Waals surface area contributed by atoms with Crippen LogP contribution in [0.15, 0.2) is 22.8 Å². The molecule has 0 unspecified atom stereocenters. The Kier molecular flexibility index (Phi) is 4.58. The number of halogens is 3. The maximum Gasteiger partial charge on any atom is 0.406 e. The second-order valence-corrected chi connectivity index (χ2v) is 4.87. The summed E-state index contributed by atoms with van der Waals surface area (Å²) in [6, 6.07) is 2.81. The van der Waals surface area contributed by atoms with Crippen molar-refractivity contribution in [3.05, 3.63) is 24.2 Å². The van der Waals surface area contributed by atoms with Gasteiger partial charge < -0.3 is 9.32 Å². The molecule has 2 heterocycles. The van der Waals surface area contributed by atoms with Crippen molar-refractivity contribution in [1.82, 2.24) is 9.80 Å². The summed E-state index contributed by atoms with van der Waals surface area (Å²) in [6.07, 6.45) is 2.72. The molecule has 0 aromatic carbocycles. The number of carbonyl (C=O) groups excluding carboxylic acids is 1. The Labute approximate surface area is 120 Å². The zero-order chi connectivity index (χ0) is 15.5.